The van der Waals surface area contributed by atoms with Gasteiger partial charge in [0.25, 0.3) is 0 Å². The minimum atomic E-state index is -0.683. The summed E-state index contributed by atoms with van der Waals surface area (Å²) in [5, 5.41) is 12.0. The van der Waals surface area contributed by atoms with Crippen LogP contribution in [0.15, 0.2) is 6.33 Å². The largest absolute Gasteiger partial charge is 0.391 e. The molecule has 1 aliphatic heterocycles. The van der Waals surface area contributed by atoms with Crippen molar-refractivity contribution in [3.63, 3.8) is 0 Å². The summed E-state index contributed by atoms with van der Waals surface area (Å²) in [4.78, 5) is 25.1. The maximum atomic E-state index is 12.4. The Balaban J connectivity index is 1.49. The van der Waals surface area contributed by atoms with Crippen molar-refractivity contribution in [2.24, 2.45) is 0 Å². The molecule has 3 heterocycles. The molecule has 10 nitrogen and oxygen atoms in total. The number of nitrogen functional groups attached to an aromatic ring is 1. The lowest BCUT2D eigenvalue weighted by atomic mass is 10.1. The number of nitrogens with zero attached hydrogens (tertiary/aromatic N) is 4. The van der Waals surface area contributed by atoms with E-state index in [1.165, 1.54) is 38.5 Å². The van der Waals surface area contributed by atoms with Gasteiger partial charge >= 0.3 is 0 Å². The van der Waals surface area contributed by atoms with Crippen molar-refractivity contribution in [2.45, 2.75) is 83.6 Å². The Morgan fingerprint density at radius 3 is 2.58 bits per heavy atom. The van der Waals surface area contributed by atoms with E-state index < -0.39 is 12.5 Å². The van der Waals surface area contributed by atoms with Crippen LogP contribution in [0.5, 0.6) is 0 Å². The van der Waals surface area contributed by atoms with Gasteiger partial charge in [-0.25, -0.2) is 4.98 Å². The normalized spacial score (nSPS) is 18.6. The number of fused-ring (bicyclic) bond motifs is 1. The molecule has 0 saturated carbocycles. The first-order valence-electron chi connectivity index (χ1n) is 11.3. The van der Waals surface area contributed by atoms with Gasteiger partial charge in [-0.1, -0.05) is 58.3 Å². The van der Waals surface area contributed by atoms with Crippen molar-refractivity contribution in [1.29, 1.82) is 0 Å². The Morgan fingerprint density at radius 2 is 1.90 bits per heavy atom. The molecule has 0 aliphatic carbocycles. The first kappa shape index (κ1) is 23.4. The third kappa shape index (κ3) is 6.59. The maximum absolute atomic E-state index is 12.4. The molecule has 0 bridgehead atoms. The van der Waals surface area contributed by atoms with Crippen LogP contribution in [-0.4, -0.2) is 50.0 Å². The van der Waals surface area contributed by atoms with Crippen molar-refractivity contribution in [2.75, 3.05) is 24.3 Å². The van der Waals surface area contributed by atoms with Gasteiger partial charge in [-0.15, -0.1) is 0 Å². The highest BCUT2D eigenvalue weighted by molar-refractivity contribution is 5.97. The summed E-state index contributed by atoms with van der Waals surface area (Å²) in [6.07, 6.45) is 11.6. The second-order valence-electron chi connectivity index (χ2n) is 7.92. The number of aliphatic hydroxyl groups is 1. The average Bonchev–Trinajstić information content (AvgIpc) is 3.39. The van der Waals surface area contributed by atoms with E-state index >= 15 is 0 Å². The Morgan fingerprint density at radius 1 is 1.19 bits per heavy atom. The summed E-state index contributed by atoms with van der Waals surface area (Å²) in [7, 11) is 0. The van der Waals surface area contributed by atoms with Crippen LogP contribution in [0.25, 0.3) is 11.2 Å². The number of carbonyl (C=O) groups excluding carboxylic acids is 1. The lowest BCUT2D eigenvalue weighted by Crippen LogP contribution is -2.16. The number of aromatic nitrogens is 4. The van der Waals surface area contributed by atoms with Gasteiger partial charge in [0.2, 0.25) is 11.9 Å². The number of nitrogens with one attached hydrogen (secondary N) is 1. The lowest BCUT2D eigenvalue weighted by Gasteiger charge is -2.12. The van der Waals surface area contributed by atoms with Crippen molar-refractivity contribution in [3.8, 4) is 0 Å². The molecule has 1 aliphatic rings. The minimum absolute atomic E-state index is 0.0326. The van der Waals surface area contributed by atoms with Crippen molar-refractivity contribution >= 4 is 28.8 Å². The van der Waals surface area contributed by atoms with E-state index in [-0.39, 0.29) is 25.1 Å². The molecule has 4 N–H and O–H groups in total. The Bertz CT molecular complexity index is 843. The molecule has 172 valence electrons. The quantitative estimate of drug-likeness (QED) is 0.409. The van der Waals surface area contributed by atoms with Gasteiger partial charge in [0.15, 0.2) is 29.5 Å². The molecule has 0 spiro atoms. The van der Waals surface area contributed by atoms with E-state index in [1.807, 2.05) is 0 Å². The van der Waals surface area contributed by atoms with E-state index in [1.54, 1.807) is 10.9 Å². The molecule has 2 aromatic rings. The van der Waals surface area contributed by atoms with Crippen molar-refractivity contribution in [3.05, 3.63) is 6.33 Å². The van der Waals surface area contributed by atoms with Crippen LogP contribution in [-0.2, 0) is 14.3 Å². The topological polar surface area (TPSA) is 137 Å². The Labute approximate surface area is 182 Å². The van der Waals surface area contributed by atoms with E-state index in [4.69, 9.17) is 15.2 Å². The molecular formula is C21H34N6O4. The first-order chi connectivity index (χ1) is 15.1. The molecular weight excluding hydrogens is 400 g/mol. The number of imidazole rings is 1. The third-order valence-electron chi connectivity index (χ3n) is 5.40. The van der Waals surface area contributed by atoms with E-state index in [0.29, 0.717) is 23.4 Å². The molecule has 31 heavy (non-hydrogen) atoms. The third-order valence-corrected chi connectivity index (χ3v) is 5.40. The van der Waals surface area contributed by atoms with Gasteiger partial charge in [-0.3, -0.25) is 9.36 Å². The number of hydrogen-bond donors (Lipinski definition) is 3. The SMILES string of the molecule is CCCCCCCCCCCC(=O)Nc1nc(N)nc2c1ncn2[C@H]1CO[C@@H](CO)O1. The van der Waals surface area contributed by atoms with Gasteiger partial charge in [0.05, 0.1) is 19.5 Å². The number of aliphatic hydroxyl groups excluding tert-OH is 1. The standard InChI is InChI=1S/C21H34N6O4/c1-2-3-4-5-6-7-8-9-10-11-15(29)24-19-18-20(26-21(22)25-19)27(14-23-18)16-13-30-17(12-28)31-16/h14,16-17,28H,2-13H2,1H3,(H3,22,24,25,26,29)/t16-,17-/m1/s1. The smallest absolute Gasteiger partial charge is 0.225 e. The fraction of sp³-hybridized carbons (Fsp3) is 0.714. The van der Waals surface area contributed by atoms with Crippen LogP contribution in [0, 0.1) is 0 Å². The van der Waals surface area contributed by atoms with Crippen LogP contribution < -0.4 is 11.1 Å². The fourth-order valence-electron chi connectivity index (χ4n) is 3.71. The predicted octanol–water partition coefficient (Wildman–Crippen LogP) is 3.13. The van der Waals surface area contributed by atoms with Gasteiger partial charge in [-0.05, 0) is 6.42 Å². The van der Waals surface area contributed by atoms with Crippen LogP contribution >= 0.6 is 0 Å². The molecule has 3 rings (SSSR count). The number of carbonyl (C=O) groups is 1. The zero-order valence-electron chi connectivity index (χ0n) is 18.3. The number of nitrogens with two attached hydrogens (primary N) is 1. The molecule has 1 amide bonds. The van der Waals surface area contributed by atoms with Crippen molar-refractivity contribution in [1.82, 2.24) is 19.5 Å². The second-order valence-corrected chi connectivity index (χ2v) is 7.92. The van der Waals surface area contributed by atoms with Crippen molar-refractivity contribution < 1.29 is 19.4 Å². The summed E-state index contributed by atoms with van der Waals surface area (Å²) in [5.74, 6) is 0.211. The molecule has 0 aromatic carbocycles. The highest BCUT2D eigenvalue weighted by atomic mass is 16.7. The van der Waals surface area contributed by atoms with Gasteiger partial charge in [-0.2, -0.15) is 9.97 Å². The average molecular weight is 435 g/mol. The summed E-state index contributed by atoms with van der Waals surface area (Å²) in [6.45, 7) is 2.24. The number of amides is 1. The zero-order chi connectivity index (χ0) is 22.1. The second kappa shape index (κ2) is 11.9. The van der Waals surface area contributed by atoms with Crippen LogP contribution in [0.2, 0.25) is 0 Å². The van der Waals surface area contributed by atoms with E-state index in [9.17, 15) is 9.90 Å². The molecule has 1 fully saturated rings. The number of anilines is 2. The maximum Gasteiger partial charge on any atom is 0.225 e. The summed E-state index contributed by atoms with van der Waals surface area (Å²) in [6, 6.07) is 0. The highest BCUT2D eigenvalue weighted by Crippen LogP contribution is 2.27. The number of hydrogen-bond acceptors (Lipinski definition) is 8. The summed E-state index contributed by atoms with van der Waals surface area (Å²) in [5.41, 5.74) is 6.73. The van der Waals surface area contributed by atoms with Crippen LogP contribution in [0.3, 0.4) is 0 Å². The predicted molar refractivity (Wildman–Crippen MR) is 117 cm³/mol. The highest BCUT2D eigenvalue weighted by Gasteiger charge is 2.29. The van der Waals surface area contributed by atoms with Crippen LogP contribution in [0.4, 0.5) is 11.8 Å². The molecule has 0 radical (unpaired) electrons. The molecule has 10 heteroatoms. The monoisotopic (exact) mass is 434 g/mol. The summed E-state index contributed by atoms with van der Waals surface area (Å²) < 4.78 is 12.6. The van der Waals surface area contributed by atoms with E-state index in [0.717, 1.165) is 19.3 Å². The van der Waals surface area contributed by atoms with Gasteiger partial charge in [0.1, 0.15) is 0 Å². The summed E-state index contributed by atoms with van der Waals surface area (Å²) >= 11 is 0. The molecule has 2 atom stereocenters. The number of rotatable bonds is 13. The molecule has 0 unspecified atom stereocenters. The lowest BCUT2D eigenvalue weighted by molar-refractivity contribution is -0.116. The zero-order valence-corrected chi connectivity index (χ0v) is 18.3. The van der Waals surface area contributed by atoms with E-state index in [2.05, 4.69) is 27.2 Å². The molecule has 2 aromatic heterocycles. The Kier molecular flexibility index (Phi) is 8.98. The van der Waals surface area contributed by atoms with Gasteiger partial charge < -0.3 is 25.6 Å². The fourth-order valence-corrected chi connectivity index (χ4v) is 3.71. The number of ether oxygens (including phenoxy) is 2. The van der Waals surface area contributed by atoms with Crippen LogP contribution in [0.1, 0.15) is 77.4 Å². The minimum Gasteiger partial charge on any atom is -0.391 e. The molecule has 1 saturated heterocycles. The van der Waals surface area contributed by atoms with Gasteiger partial charge in [0, 0.05) is 6.42 Å². The number of unbranched alkanes of at least 4 members (excludes halogenated alkanes) is 8. The first-order valence-corrected chi connectivity index (χ1v) is 11.3. The Hall–Kier alpha value is -2.30.